The summed E-state index contributed by atoms with van der Waals surface area (Å²) in [6.07, 6.45) is 0. The van der Waals surface area contributed by atoms with Crippen molar-refractivity contribution in [3.8, 4) is 0 Å². The zero-order chi connectivity index (χ0) is 6.10. The molecule has 0 spiro atoms. The van der Waals surface area contributed by atoms with Crippen molar-refractivity contribution in [3.63, 3.8) is 0 Å². The fraction of sp³-hybridized carbons (Fsp3) is 0.143. The third-order valence-electron chi connectivity index (χ3n) is 1.34. The summed E-state index contributed by atoms with van der Waals surface area (Å²) in [5.74, 6) is 1.18. The summed E-state index contributed by atoms with van der Waals surface area (Å²) >= 11 is 0. The van der Waals surface area contributed by atoms with E-state index in [0.717, 1.165) is 0 Å². The van der Waals surface area contributed by atoms with Gasteiger partial charge < -0.3 is 0 Å². The molecular weight excluding hydrogens is 148 g/mol. The molecule has 0 aliphatic carbocycles. The molecule has 0 fully saturated rings. The molecule has 0 nitrogen and oxygen atoms in total. The molecule has 0 N–H and O–H groups in total. The van der Waals surface area contributed by atoms with Gasteiger partial charge in [0.15, 0.2) is 0 Å². The van der Waals surface area contributed by atoms with Crippen LogP contribution in [-0.4, -0.2) is 0 Å². The largest absolute Gasteiger partial charge is 0.0841 e. The van der Waals surface area contributed by atoms with Gasteiger partial charge in [-0.1, -0.05) is 39.8 Å². The molecule has 2 rings (SSSR count). The lowest BCUT2D eigenvalue weighted by molar-refractivity contribution is 1.29. The van der Waals surface area contributed by atoms with E-state index in [1.54, 1.807) is 0 Å². The first-order valence-electron chi connectivity index (χ1n) is 2.84. The van der Waals surface area contributed by atoms with Gasteiger partial charge >= 0.3 is 0 Å². The minimum atomic E-state index is 1.18. The molecule has 0 saturated heterocycles. The first-order chi connectivity index (χ1) is 4.47. The molecule has 1 heterocycles. The van der Waals surface area contributed by atoms with Crippen LogP contribution in [0, 0.1) is 0 Å². The van der Waals surface area contributed by atoms with Crippen LogP contribution in [0.5, 0.6) is 0 Å². The first kappa shape index (κ1) is 5.69. The summed E-state index contributed by atoms with van der Waals surface area (Å²) in [5, 5.41) is 0. The second kappa shape index (κ2) is 2.27. The zero-order valence-electron chi connectivity index (χ0n) is 4.83. The molecule has 1 aromatic carbocycles. The molecular formula is C7H6S2. The first-order valence-corrected chi connectivity index (χ1v) is 5.16. The topological polar surface area (TPSA) is 0 Å². The van der Waals surface area contributed by atoms with E-state index in [1.165, 1.54) is 16.2 Å². The normalized spacial score (nSPS) is 15.6. The summed E-state index contributed by atoms with van der Waals surface area (Å²) in [4.78, 5) is 1.45. The fourth-order valence-corrected chi connectivity index (χ4v) is 3.32. The van der Waals surface area contributed by atoms with Gasteiger partial charge in [0.1, 0.15) is 0 Å². The van der Waals surface area contributed by atoms with E-state index in [1.807, 2.05) is 21.6 Å². The van der Waals surface area contributed by atoms with Crippen molar-refractivity contribution >= 4 is 21.6 Å². The summed E-state index contributed by atoms with van der Waals surface area (Å²) in [5.41, 5.74) is 1.49. The summed E-state index contributed by atoms with van der Waals surface area (Å²) < 4.78 is 0. The molecule has 46 valence electrons. The van der Waals surface area contributed by atoms with E-state index in [4.69, 9.17) is 0 Å². The van der Waals surface area contributed by atoms with Crippen LogP contribution in [0.2, 0.25) is 0 Å². The Morgan fingerprint density at radius 1 is 1.22 bits per heavy atom. The van der Waals surface area contributed by atoms with Crippen LogP contribution in [0.15, 0.2) is 29.2 Å². The molecule has 0 atom stereocenters. The van der Waals surface area contributed by atoms with Crippen LogP contribution in [0.4, 0.5) is 0 Å². The highest BCUT2D eigenvalue weighted by molar-refractivity contribution is 8.76. The van der Waals surface area contributed by atoms with Gasteiger partial charge in [-0.25, -0.2) is 0 Å². The molecule has 2 heteroatoms. The van der Waals surface area contributed by atoms with Crippen molar-refractivity contribution in [1.29, 1.82) is 0 Å². The van der Waals surface area contributed by atoms with Gasteiger partial charge in [0, 0.05) is 10.6 Å². The highest BCUT2D eigenvalue weighted by Crippen LogP contribution is 2.43. The Hall–Kier alpha value is -0.0800. The minimum absolute atomic E-state index is 1.18. The van der Waals surface area contributed by atoms with E-state index in [-0.39, 0.29) is 0 Å². The maximum atomic E-state index is 2.20. The maximum Gasteiger partial charge on any atom is 0.0303 e. The highest BCUT2D eigenvalue weighted by atomic mass is 33.1. The van der Waals surface area contributed by atoms with Gasteiger partial charge in [0.05, 0.1) is 0 Å². The fourth-order valence-electron chi connectivity index (χ4n) is 0.861. The second-order valence-electron chi connectivity index (χ2n) is 1.95. The van der Waals surface area contributed by atoms with Crippen LogP contribution in [0.1, 0.15) is 5.56 Å². The predicted molar refractivity (Wildman–Crippen MR) is 43.6 cm³/mol. The van der Waals surface area contributed by atoms with Crippen LogP contribution in [0.25, 0.3) is 0 Å². The maximum absolute atomic E-state index is 2.20. The van der Waals surface area contributed by atoms with Gasteiger partial charge in [-0.05, 0) is 11.6 Å². The average molecular weight is 154 g/mol. The Morgan fingerprint density at radius 2 is 2.11 bits per heavy atom. The lowest BCUT2D eigenvalue weighted by atomic mass is 10.2. The Morgan fingerprint density at radius 3 is 3.00 bits per heavy atom. The molecule has 0 unspecified atom stereocenters. The summed E-state index contributed by atoms with van der Waals surface area (Å²) in [6, 6.07) is 8.57. The number of rotatable bonds is 0. The Labute approximate surface area is 62.4 Å². The van der Waals surface area contributed by atoms with Crippen molar-refractivity contribution in [3.05, 3.63) is 29.8 Å². The van der Waals surface area contributed by atoms with Crippen molar-refractivity contribution in [2.75, 3.05) is 0 Å². The van der Waals surface area contributed by atoms with Crippen molar-refractivity contribution in [2.45, 2.75) is 10.6 Å². The number of fused-ring (bicyclic) bond motifs is 1. The van der Waals surface area contributed by atoms with E-state index >= 15 is 0 Å². The van der Waals surface area contributed by atoms with E-state index < -0.39 is 0 Å². The standard InChI is InChI=1S/C7H6S2/c1-2-4-7-6(3-1)5-8-9-7/h1-4H,5H2. The Kier molecular flexibility index (Phi) is 1.44. The van der Waals surface area contributed by atoms with Crippen LogP contribution in [0.3, 0.4) is 0 Å². The number of hydrogen-bond donors (Lipinski definition) is 0. The lowest BCUT2D eigenvalue weighted by Crippen LogP contribution is -1.73. The Bertz CT molecular complexity index is 197. The quantitative estimate of drug-likeness (QED) is 0.527. The van der Waals surface area contributed by atoms with Gasteiger partial charge in [-0.2, -0.15) is 0 Å². The summed E-state index contributed by atoms with van der Waals surface area (Å²) in [7, 11) is 3.80. The molecule has 9 heavy (non-hydrogen) atoms. The zero-order valence-corrected chi connectivity index (χ0v) is 6.47. The van der Waals surface area contributed by atoms with E-state index in [9.17, 15) is 0 Å². The van der Waals surface area contributed by atoms with Crippen LogP contribution in [-0.2, 0) is 5.75 Å². The van der Waals surface area contributed by atoms with Gasteiger partial charge in [-0.15, -0.1) is 0 Å². The van der Waals surface area contributed by atoms with Crippen LogP contribution < -0.4 is 0 Å². The van der Waals surface area contributed by atoms with E-state index in [2.05, 4.69) is 24.3 Å². The SMILES string of the molecule is c1ccc2c(c1)CSS2. The van der Waals surface area contributed by atoms with E-state index in [0.29, 0.717) is 0 Å². The predicted octanol–water partition coefficient (Wildman–Crippen LogP) is 2.94. The lowest BCUT2D eigenvalue weighted by Gasteiger charge is -1.90. The molecule has 0 saturated carbocycles. The number of hydrogen-bond acceptors (Lipinski definition) is 2. The van der Waals surface area contributed by atoms with Crippen molar-refractivity contribution in [2.24, 2.45) is 0 Å². The van der Waals surface area contributed by atoms with Crippen molar-refractivity contribution in [1.82, 2.24) is 0 Å². The minimum Gasteiger partial charge on any atom is -0.0841 e. The smallest absolute Gasteiger partial charge is 0.0303 e. The van der Waals surface area contributed by atoms with Gasteiger partial charge in [0.25, 0.3) is 0 Å². The molecule has 0 bridgehead atoms. The summed E-state index contributed by atoms with van der Waals surface area (Å²) in [6.45, 7) is 0. The monoisotopic (exact) mass is 154 g/mol. The van der Waals surface area contributed by atoms with Gasteiger partial charge in [0.2, 0.25) is 0 Å². The van der Waals surface area contributed by atoms with Crippen molar-refractivity contribution < 1.29 is 0 Å². The number of benzene rings is 1. The molecule has 0 aromatic heterocycles. The molecule has 0 radical (unpaired) electrons. The molecule has 1 aromatic rings. The third-order valence-corrected chi connectivity index (χ3v) is 3.71. The third kappa shape index (κ3) is 0.970. The molecule has 1 aliphatic heterocycles. The molecule has 1 aliphatic rings. The average Bonchev–Trinajstić information content (AvgIpc) is 2.33. The van der Waals surface area contributed by atoms with Crippen LogP contribution >= 0.6 is 21.6 Å². The van der Waals surface area contributed by atoms with Gasteiger partial charge in [-0.3, -0.25) is 0 Å². The molecule has 0 amide bonds. The Balaban J connectivity index is 2.54. The highest BCUT2D eigenvalue weighted by Gasteiger charge is 2.09. The second-order valence-corrected chi connectivity index (χ2v) is 4.29.